The Morgan fingerprint density at radius 2 is 1.63 bits per heavy atom. The van der Waals surface area contributed by atoms with Crippen molar-refractivity contribution in [2.24, 2.45) is 0 Å². The van der Waals surface area contributed by atoms with Gasteiger partial charge in [-0.1, -0.05) is 99.1 Å². The maximum atomic E-state index is 6.71. The SMILES string of the molecule is C=CN(c1ccc(C(C)(C)C)c(Cl)c1)C(Cc1ccccc1C)c1ccc(C)cc1. The van der Waals surface area contributed by atoms with Gasteiger partial charge in [0.25, 0.3) is 0 Å². The summed E-state index contributed by atoms with van der Waals surface area (Å²) >= 11 is 6.71. The molecular weight excluding hydrogens is 386 g/mol. The van der Waals surface area contributed by atoms with E-state index in [-0.39, 0.29) is 11.5 Å². The van der Waals surface area contributed by atoms with Gasteiger partial charge in [0.1, 0.15) is 0 Å². The Kier molecular flexibility index (Phi) is 6.73. The van der Waals surface area contributed by atoms with E-state index in [4.69, 9.17) is 11.6 Å². The molecule has 2 heteroatoms. The van der Waals surface area contributed by atoms with E-state index >= 15 is 0 Å². The molecule has 0 aromatic heterocycles. The maximum absolute atomic E-state index is 6.71. The summed E-state index contributed by atoms with van der Waals surface area (Å²) in [5.74, 6) is 0. The van der Waals surface area contributed by atoms with E-state index in [0.717, 1.165) is 22.7 Å². The first kappa shape index (κ1) is 22.2. The van der Waals surface area contributed by atoms with Gasteiger partial charge in [-0.05, 0) is 66.3 Å². The molecule has 156 valence electrons. The third-order valence-electron chi connectivity index (χ3n) is 5.73. The predicted octanol–water partition coefficient (Wildman–Crippen LogP) is 8.19. The topological polar surface area (TPSA) is 3.24 Å². The van der Waals surface area contributed by atoms with E-state index in [9.17, 15) is 0 Å². The number of rotatable bonds is 6. The summed E-state index contributed by atoms with van der Waals surface area (Å²) < 4.78 is 0. The average molecular weight is 418 g/mol. The summed E-state index contributed by atoms with van der Waals surface area (Å²) in [6, 6.07) is 23.9. The minimum atomic E-state index is 0.00608. The Labute approximate surface area is 187 Å². The molecule has 0 saturated heterocycles. The van der Waals surface area contributed by atoms with Gasteiger partial charge in [0.2, 0.25) is 0 Å². The maximum Gasteiger partial charge on any atom is 0.0625 e. The summed E-state index contributed by atoms with van der Waals surface area (Å²) in [4.78, 5) is 2.25. The minimum absolute atomic E-state index is 0.00608. The molecule has 1 atom stereocenters. The first-order valence-electron chi connectivity index (χ1n) is 10.5. The molecular formula is C28H32ClN. The second-order valence-electron chi connectivity index (χ2n) is 9.06. The lowest BCUT2D eigenvalue weighted by Gasteiger charge is -2.33. The number of aryl methyl sites for hydroxylation is 2. The lowest BCUT2D eigenvalue weighted by Crippen LogP contribution is -2.25. The Bertz CT molecular complexity index is 1010. The van der Waals surface area contributed by atoms with Crippen LogP contribution in [0.2, 0.25) is 5.02 Å². The predicted molar refractivity (Wildman–Crippen MR) is 132 cm³/mol. The summed E-state index contributed by atoms with van der Waals surface area (Å²) in [5, 5.41) is 0.797. The van der Waals surface area contributed by atoms with Crippen molar-refractivity contribution in [3.05, 3.63) is 112 Å². The van der Waals surface area contributed by atoms with Gasteiger partial charge in [-0.15, -0.1) is 0 Å². The number of halogens is 1. The van der Waals surface area contributed by atoms with Crippen LogP contribution in [0.25, 0.3) is 0 Å². The van der Waals surface area contributed by atoms with E-state index < -0.39 is 0 Å². The molecule has 0 aliphatic carbocycles. The standard InChI is InChI=1S/C28H32ClN/c1-7-30(24-16-17-25(26(29)19-24)28(4,5)6)27(22-14-12-20(2)13-15-22)18-23-11-9-8-10-21(23)3/h7-17,19,27H,1,18H2,2-6H3. The summed E-state index contributed by atoms with van der Waals surface area (Å²) in [5.41, 5.74) is 7.39. The largest absolute Gasteiger partial charge is 0.341 e. The third kappa shape index (κ3) is 4.96. The first-order chi connectivity index (χ1) is 14.2. The van der Waals surface area contributed by atoms with E-state index in [0.29, 0.717) is 0 Å². The molecule has 3 aromatic rings. The quantitative estimate of drug-likeness (QED) is 0.390. The highest BCUT2D eigenvalue weighted by Gasteiger charge is 2.23. The molecule has 0 spiro atoms. The highest BCUT2D eigenvalue weighted by molar-refractivity contribution is 6.31. The van der Waals surface area contributed by atoms with Gasteiger partial charge in [-0.2, -0.15) is 0 Å². The number of anilines is 1. The fraction of sp³-hybridized carbons (Fsp3) is 0.286. The van der Waals surface area contributed by atoms with Gasteiger partial charge in [0.15, 0.2) is 0 Å². The average Bonchev–Trinajstić information content (AvgIpc) is 2.69. The van der Waals surface area contributed by atoms with Crippen LogP contribution in [0.5, 0.6) is 0 Å². The second-order valence-corrected chi connectivity index (χ2v) is 9.47. The first-order valence-corrected chi connectivity index (χ1v) is 10.9. The van der Waals surface area contributed by atoms with Crippen LogP contribution in [0, 0.1) is 13.8 Å². The molecule has 0 N–H and O–H groups in total. The molecule has 3 rings (SSSR count). The lowest BCUT2D eigenvalue weighted by atomic mass is 9.86. The number of benzene rings is 3. The van der Waals surface area contributed by atoms with Crippen LogP contribution in [-0.2, 0) is 11.8 Å². The summed E-state index contributed by atoms with van der Waals surface area (Å²) in [7, 11) is 0. The Morgan fingerprint density at radius 1 is 0.967 bits per heavy atom. The molecule has 30 heavy (non-hydrogen) atoms. The number of hydrogen-bond donors (Lipinski definition) is 0. The molecule has 0 heterocycles. The van der Waals surface area contributed by atoms with Gasteiger partial charge >= 0.3 is 0 Å². The van der Waals surface area contributed by atoms with Gasteiger partial charge in [-0.3, -0.25) is 0 Å². The van der Waals surface area contributed by atoms with Crippen molar-refractivity contribution in [2.45, 2.75) is 52.5 Å². The molecule has 0 bridgehead atoms. The molecule has 3 aromatic carbocycles. The smallest absolute Gasteiger partial charge is 0.0625 e. The van der Waals surface area contributed by atoms with Gasteiger partial charge in [-0.25, -0.2) is 0 Å². The Hall–Kier alpha value is -2.51. The van der Waals surface area contributed by atoms with Gasteiger partial charge in [0.05, 0.1) is 6.04 Å². The highest BCUT2D eigenvalue weighted by atomic mass is 35.5. The fourth-order valence-corrected chi connectivity index (χ4v) is 4.36. The van der Waals surface area contributed by atoms with E-state index in [2.05, 4.69) is 113 Å². The van der Waals surface area contributed by atoms with E-state index in [1.54, 1.807) is 0 Å². The van der Waals surface area contributed by atoms with Gasteiger partial charge < -0.3 is 4.90 Å². The lowest BCUT2D eigenvalue weighted by molar-refractivity contribution is 0.590. The zero-order chi connectivity index (χ0) is 21.9. The zero-order valence-corrected chi connectivity index (χ0v) is 19.5. The summed E-state index contributed by atoms with van der Waals surface area (Å²) in [6.45, 7) is 15.0. The van der Waals surface area contributed by atoms with Crippen LogP contribution >= 0.6 is 11.6 Å². The monoisotopic (exact) mass is 417 g/mol. The van der Waals surface area contributed by atoms with Crippen molar-refractivity contribution >= 4 is 17.3 Å². The Balaban J connectivity index is 2.06. The van der Waals surface area contributed by atoms with Crippen molar-refractivity contribution < 1.29 is 0 Å². The van der Waals surface area contributed by atoms with Gasteiger partial charge in [0, 0.05) is 10.7 Å². The van der Waals surface area contributed by atoms with Crippen LogP contribution < -0.4 is 4.90 Å². The highest BCUT2D eigenvalue weighted by Crippen LogP contribution is 2.36. The summed E-state index contributed by atoms with van der Waals surface area (Å²) in [6.07, 6.45) is 2.81. The van der Waals surface area contributed by atoms with Crippen molar-refractivity contribution in [1.82, 2.24) is 0 Å². The van der Waals surface area contributed by atoms with E-state index in [1.807, 2.05) is 6.20 Å². The fourth-order valence-electron chi connectivity index (χ4n) is 3.90. The van der Waals surface area contributed by atoms with Crippen LogP contribution in [0.15, 0.2) is 79.5 Å². The molecule has 1 unspecified atom stereocenters. The van der Waals surface area contributed by atoms with E-state index in [1.165, 1.54) is 22.3 Å². The zero-order valence-electron chi connectivity index (χ0n) is 18.7. The third-order valence-corrected chi connectivity index (χ3v) is 6.04. The Morgan fingerprint density at radius 3 is 2.20 bits per heavy atom. The van der Waals surface area contributed by atoms with Crippen molar-refractivity contribution in [1.29, 1.82) is 0 Å². The van der Waals surface area contributed by atoms with Crippen LogP contribution in [0.4, 0.5) is 5.69 Å². The molecule has 0 fully saturated rings. The normalized spacial score (nSPS) is 12.5. The van der Waals surface area contributed by atoms with Crippen molar-refractivity contribution in [3.63, 3.8) is 0 Å². The minimum Gasteiger partial charge on any atom is -0.341 e. The molecule has 0 aliphatic heterocycles. The van der Waals surface area contributed by atoms with Crippen LogP contribution in [-0.4, -0.2) is 0 Å². The molecule has 0 amide bonds. The van der Waals surface area contributed by atoms with Crippen LogP contribution in [0.3, 0.4) is 0 Å². The second kappa shape index (κ2) is 9.10. The van der Waals surface area contributed by atoms with Crippen molar-refractivity contribution in [2.75, 3.05) is 4.90 Å². The molecule has 0 radical (unpaired) electrons. The molecule has 1 nitrogen and oxygen atoms in total. The van der Waals surface area contributed by atoms with Crippen molar-refractivity contribution in [3.8, 4) is 0 Å². The number of hydrogen-bond acceptors (Lipinski definition) is 1. The molecule has 0 saturated carbocycles. The van der Waals surface area contributed by atoms with Crippen LogP contribution in [0.1, 0.15) is 54.6 Å². The molecule has 0 aliphatic rings. The number of nitrogens with zero attached hydrogens (tertiary/aromatic N) is 1.